The molecule has 28 heavy (non-hydrogen) atoms. The lowest BCUT2D eigenvalue weighted by Crippen LogP contribution is -2.55. The molecule has 5 fully saturated rings. The van der Waals surface area contributed by atoms with Crippen LogP contribution in [0.4, 0.5) is 0 Å². The summed E-state index contributed by atoms with van der Waals surface area (Å²) < 4.78 is 24.7. The van der Waals surface area contributed by atoms with Crippen molar-refractivity contribution in [2.24, 2.45) is 29.1 Å². The van der Waals surface area contributed by atoms with Crippen molar-refractivity contribution in [1.82, 2.24) is 0 Å². The molecule has 0 amide bonds. The third kappa shape index (κ3) is 2.21. The molecule has 2 aliphatic heterocycles. The molecule has 4 heteroatoms. The van der Waals surface area contributed by atoms with Gasteiger partial charge < -0.3 is 18.9 Å². The second-order valence-corrected chi connectivity index (χ2v) is 10.0. The molecule has 154 valence electrons. The molecule has 4 aliphatic carbocycles. The van der Waals surface area contributed by atoms with Crippen molar-refractivity contribution in [2.75, 3.05) is 26.4 Å². The molecular weight excluding hydrogens is 352 g/mol. The number of rotatable bonds is 1. The largest absolute Gasteiger partial charge is 0.347 e. The normalized spacial score (nSPS) is 45.8. The van der Waals surface area contributed by atoms with Gasteiger partial charge in [0.05, 0.1) is 26.4 Å². The van der Waals surface area contributed by atoms with Gasteiger partial charge in [0.25, 0.3) is 0 Å². The average Bonchev–Trinajstić information content (AvgIpc) is 3.43. The van der Waals surface area contributed by atoms with E-state index in [0.717, 1.165) is 58.0 Å². The van der Waals surface area contributed by atoms with Crippen molar-refractivity contribution in [2.45, 2.75) is 69.9 Å². The van der Waals surface area contributed by atoms with Gasteiger partial charge in [-0.1, -0.05) is 24.6 Å². The summed E-state index contributed by atoms with van der Waals surface area (Å²) in [5.41, 5.74) is 3.18. The molecule has 2 spiro atoms. The number of allylic oxidation sites excluding steroid dienone is 2. The van der Waals surface area contributed by atoms with Gasteiger partial charge in [-0.15, -0.1) is 0 Å². The standard InChI is InChI=1S/C24H34O4/c1-3-22-14-16(2)21-18-6-8-23(25-10-11-26-23)15-17(18)4-5-19(21)20(22)7-9-24(22)27-12-13-28-24/h15,18-21H,2-14H2,1H3. The second kappa shape index (κ2) is 6.16. The molecule has 0 aromatic heterocycles. The Bertz CT molecular complexity index is 699. The second-order valence-electron chi connectivity index (χ2n) is 10.0. The molecule has 6 aliphatic rings. The van der Waals surface area contributed by atoms with E-state index in [1.54, 1.807) is 5.57 Å². The molecule has 2 heterocycles. The predicted molar refractivity (Wildman–Crippen MR) is 105 cm³/mol. The van der Waals surface area contributed by atoms with E-state index >= 15 is 0 Å². The van der Waals surface area contributed by atoms with Gasteiger partial charge in [0.2, 0.25) is 0 Å². The van der Waals surface area contributed by atoms with Gasteiger partial charge in [-0.2, -0.15) is 0 Å². The smallest absolute Gasteiger partial charge is 0.188 e. The van der Waals surface area contributed by atoms with Crippen LogP contribution in [-0.4, -0.2) is 38.0 Å². The van der Waals surface area contributed by atoms with Crippen LogP contribution in [0, 0.1) is 29.1 Å². The van der Waals surface area contributed by atoms with E-state index in [1.807, 2.05) is 0 Å². The first-order valence-electron chi connectivity index (χ1n) is 11.6. The maximum Gasteiger partial charge on any atom is 0.188 e. The van der Waals surface area contributed by atoms with E-state index in [-0.39, 0.29) is 11.2 Å². The highest BCUT2D eigenvalue weighted by molar-refractivity contribution is 5.30. The van der Waals surface area contributed by atoms with Gasteiger partial charge in [-0.05, 0) is 68.3 Å². The summed E-state index contributed by atoms with van der Waals surface area (Å²) in [6, 6.07) is 0. The van der Waals surface area contributed by atoms with Crippen LogP contribution in [0.15, 0.2) is 23.8 Å². The summed E-state index contributed by atoms with van der Waals surface area (Å²) in [7, 11) is 0. The number of hydrogen-bond acceptors (Lipinski definition) is 4. The van der Waals surface area contributed by atoms with Gasteiger partial charge >= 0.3 is 0 Å². The predicted octanol–water partition coefficient (Wildman–Crippen LogP) is 4.60. The third-order valence-corrected chi connectivity index (χ3v) is 9.29. The van der Waals surface area contributed by atoms with Crippen LogP contribution in [0.5, 0.6) is 0 Å². The lowest BCUT2D eigenvalue weighted by Gasteiger charge is -2.57. The highest BCUT2D eigenvalue weighted by Gasteiger charge is 2.67. The Hall–Kier alpha value is -0.680. The first-order chi connectivity index (χ1) is 13.6. The van der Waals surface area contributed by atoms with Gasteiger partial charge in [-0.3, -0.25) is 0 Å². The van der Waals surface area contributed by atoms with Crippen molar-refractivity contribution in [3.63, 3.8) is 0 Å². The summed E-state index contributed by atoms with van der Waals surface area (Å²) >= 11 is 0. The minimum atomic E-state index is -0.412. The van der Waals surface area contributed by atoms with Crippen molar-refractivity contribution in [3.8, 4) is 0 Å². The molecule has 2 saturated heterocycles. The molecule has 3 saturated carbocycles. The molecule has 5 atom stereocenters. The maximum atomic E-state index is 6.36. The van der Waals surface area contributed by atoms with Crippen molar-refractivity contribution in [3.05, 3.63) is 23.8 Å². The first kappa shape index (κ1) is 18.1. The van der Waals surface area contributed by atoms with E-state index in [1.165, 1.54) is 31.3 Å². The molecule has 4 nitrogen and oxygen atoms in total. The Kier molecular flexibility index (Phi) is 3.99. The van der Waals surface area contributed by atoms with E-state index in [0.29, 0.717) is 17.8 Å². The van der Waals surface area contributed by atoms with Gasteiger partial charge in [0.15, 0.2) is 11.6 Å². The summed E-state index contributed by atoms with van der Waals surface area (Å²) in [5, 5.41) is 0. The highest BCUT2D eigenvalue weighted by atomic mass is 16.7. The van der Waals surface area contributed by atoms with Crippen LogP contribution in [0.3, 0.4) is 0 Å². The maximum absolute atomic E-state index is 6.36. The third-order valence-electron chi connectivity index (χ3n) is 9.29. The Labute approximate surface area is 168 Å². The highest BCUT2D eigenvalue weighted by Crippen LogP contribution is 2.69. The molecule has 0 N–H and O–H groups in total. The van der Waals surface area contributed by atoms with E-state index in [2.05, 4.69) is 19.6 Å². The summed E-state index contributed by atoms with van der Waals surface area (Å²) in [6.45, 7) is 10.0. The van der Waals surface area contributed by atoms with Gasteiger partial charge in [0.1, 0.15) is 0 Å². The number of ether oxygens (including phenoxy) is 4. The fourth-order valence-corrected chi connectivity index (χ4v) is 8.33. The van der Waals surface area contributed by atoms with Crippen LogP contribution in [0.25, 0.3) is 0 Å². The summed E-state index contributed by atoms with van der Waals surface area (Å²) in [4.78, 5) is 0. The Morgan fingerprint density at radius 1 is 1.00 bits per heavy atom. The Morgan fingerprint density at radius 2 is 1.75 bits per heavy atom. The topological polar surface area (TPSA) is 36.9 Å². The SMILES string of the molecule is C=C1CC2(CC)C(CCC23OCCO3)C2CCC3=CC4(CCC3C12)OCCO4. The zero-order chi connectivity index (χ0) is 19.0. The van der Waals surface area contributed by atoms with Crippen molar-refractivity contribution < 1.29 is 18.9 Å². The van der Waals surface area contributed by atoms with Gasteiger partial charge in [-0.25, -0.2) is 0 Å². The van der Waals surface area contributed by atoms with Crippen molar-refractivity contribution >= 4 is 0 Å². The monoisotopic (exact) mass is 386 g/mol. The van der Waals surface area contributed by atoms with Gasteiger partial charge in [0, 0.05) is 18.3 Å². The van der Waals surface area contributed by atoms with Crippen LogP contribution in [0.2, 0.25) is 0 Å². The fraction of sp³-hybridized carbons (Fsp3) is 0.833. The molecule has 0 aromatic rings. The number of fused-ring (bicyclic) bond motifs is 6. The Balaban J connectivity index is 1.34. The van der Waals surface area contributed by atoms with Crippen LogP contribution >= 0.6 is 0 Å². The summed E-state index contributed by atoms with van der Waals surface area (Å²) in [6.07, 6.45) is 11.5. The van der Waals surface area contributed by atoms with E-state index in [9.17, 15) is 0 Å². The zero-order valence-electron chi connectivity index (χ0n) is 17.2. The lowest BCUT2D eigenvalue weighted by atomic mass is 9.49. The zero-order valence-corrected chi connectivity index (χ0v) is 17.2. The quantitative estimate of drug-likeness (QED) is 0.617. The molecule has 5 unspecified atom stereocenters. The lowest BCUT2D eigenvalue weighted by molar-refractivity contribution is -0.242. The van der Waals surface area contributed by atoms with Crippen molar-refractivity contribution in [1.29, 1.82) is 0 Å². The van der Waals surface area contributed by atoms with E-state index in [4.69, 9.17) is 18.9 Å². The van der Waals surface area contributed by atoms with Crippen LogP contribution in [0.1, 0.15) is 58.3 Å². The average molecular weight is 387 g/mol. The Morgan fingerprint density at radius 3 is 2.50 bits per heavy atom. The van der Waals surface area contributed by atoms with Crippen LogP contribution < -0.4 is 0 Å². The van der Waals surface area contributed by atoms with E-state index < -0.39 is 5.79 Å². The molecular formula is C24H34O4. The molecule has 6 rings (SSSR count). The molecule has 0 radical (unpaired) electrons. The summed E-state index contributed by atoms with van der Waals surface area (Å²) in [5.74, 6) is 1.96. The number of hydrogen-bond donors (Lipinski definition) is 0. The van der Waals surface area contributed by atoms with Crippen LogP contribution in [-0.2, 0) is 18.9 Å². The fourth-order valence-electron chi connectivity index (χ4n) is 8.33. The minimum absolute atomic E-state index is 0.135. The minimum Gasteiger partial charge on any atom is -0.347 e. The first-order valence-corrected chi connectivity index (χ1v) is 11.6. The molecule has 0 aromatic carbocycles. The molecule has 0 bridgehead atoms.